The molecule has 0 unspecified atom stereocenters. The van der Waals surface area contributed by atoms with Gasteiger partial charge in [-0.1, -0.05) is 37.1 Å². The Kier molecular flexibility index (Phi) is 6.14. The molecule has 0 saturated carbocycles. The molecule has 0 aliphatic heterocycles. The molecule has 2 aromatic heterocycles. The molecule has 0 saturated heterocycles. The third-order valence-corrected chi connectivity index (χ3v) is 4.52. The zero-order chi connectivity index (χ0) is 16.4. The molecular weight excluding hydrogens is 343 g/mol. The van der Waals surface area contributed by atoms with Crippen LogP contribution in [0.15, 0.2) is 30.5 Å². The van der Waals surface area contributed by atoms with Gasteiger partial charge in [0.15, 0.2) is 0 Å². The molecule has 0 amide bonds. The molecule has 24 heavy (non-hydrogen) atoms. The number of halogens is 2. The highest BCUT2D eigenvalue weighted by molar-refractivity contribution is 6.32. The first-order valence-corrected chi connectivity index (χ1v) is 8.32. The van der Waals surface area contributed by atoms with E-state index in [4.69, 9.17) is 16.3 Å². The number of nitrogens with zero attached hydrogens (tertiary/aromatic N) is 1. The van der Waals surface area contributed by atoms with Crippen LogP contribution in [0.5, 0.6) is 5.75 Å². The molecule has 5 heteroatoms. The lowest BCUT2D eigenvalue weighted by Gasteiger charge is -2.10. The molecule has 0 spiro atoms. The Hall–Kier alpha value is -1.71. The second-order valence-corrected chi connectivity index (χ2v) is 6.23. The van der Waals surface area contributed by atoms with Crippen LogP contribution in [0.25, 0.3) is 10.9 Å². The number of benzene rings is 1. The molecule has 0 aliphatic carbocycles. The quantitative estimate of drug-likeness (QED) is 0.622. The fourth-order valence-corrected chi connectivity index (χ4v) is 3.09. The lowest BCUT2D eigenvalue weighted by Crippen LogP contribution is -2.01. The molecule has 0 bridgehead atoms. The number of H-pyrrole nitrogens is 1. The molecule has 3 aromatic rings. The summed E-state index contributed by atoms with van der Waals surface area (Å²) in [6, 6.07) is 7.50. The minimum Gasteiger partial charge on any atom is -0.486 e. The van der Waals surface area contributed by atoms with Crippen LogP contribution in [0.2, 0.25) is 5.02 Å². The first-order chi connectivity index (χ1) is 11.1. The zero-order valence-electron chi connectivity index (χ0n) is 14.1. The van der Waals surface area contributed by atoms with Crippen molar-refractivity contribution in [3.8, 4) is 5.75 Å². The minimum absolute atomic E-state index is 0. The van der Waals surface area contributed by atoms with Crippen molar-refractivity contribution < 1.29 is 4.74 Å². The number of nitrogens with one attached hydrogen (secondary N) is 1. The van der Waals surface area contributed by atoms with Gasteiger partial charge in [-0.2, -0.15) is 0 Å². The van der Waals surface area contributed by atoms with Crippen LogP contribution in [0, 0.1) is 13.8 Å². The number of aromatic nitrogens is 2. The maximum atomic E-state index is 6.15. The lowest BCUT2D eigenvalue weighted by molar-refractivity contribution is 0.303. The molecule has 128 valence electrons. The third kappa shape index (κ3) is 3.52. The van der Waals surface area contributed by atoms with Crippen molar-refractivity contribution in [2.24, 2.45) is 0 Å². The number of hydrogen-bond donors (Lipinski definition) is 1. The largest absolute Gasteiger partial charge is 0.486 e. The van der Waals surface area contributed by atoms with Gasteiger partial charge >= 0.3 is 0 Å². The van der Waals surface area contributed by atoms with E-state index in [1.165, 1.54) is 22.2 Å². The summed E-state index contributed by atoms with van der Waals surface area (Å²) in [6.07, 6.45) is 4.13. The van der Waals surface area contributed by atoms with Crippen LogP contribution in [0.1, 0.15) is 35.9 Å². The number of hydrogen-bond acceptors (Lipinski definition) is 2. The van der Waals surface area contributed by atoms with Crippen molar-refractivity contribution in [1.82, 2.24) is 9.97 Å². The first kappa shape index (κ1) is 18.6. The highest BCUT2D eigenvalue weighted by Crippen LogP contribution is 2.29. The van der Waals surface area contributed by atoms with E-state index in [1.54, 1.807) is 0 Å². The minimum atomic E-state index is 0. The summed E-state index contributed by atoms with van der Waals surface area (Å²) in [5.74, 6) is 0.682. The van der Waals surface area contributed by atoms with Crippen LogP contribution in [-0.2, 0) is 13.0 Å². The second kappa shape index (κ2) is 7.91. The van der Waals surface area contributed by atoms with Gasteiger partial charge in [-0.05, 0) is 43.5 Å². The Bertz CT molecular complexity index is 843. The van der Waals surface area contributed by atoms with Crippen LogP contribution in [0.3, 0.4) is 0 Å². The third-order valence-electron chi connectivity index (χ3n) is 4.21. The predicted octanol–water partition coefficient (Wildman–Crippen LogP) is 5.79. The van der Waals surface area contributed by atoms with Gasteiger partial charge in [0.1, 0.15) is 18.1 Å². The summed E-state index contributed by atoms with van der Waals surface area (Å²) < 4.78 is 5.87. The van der Waals surface area contributed by atoms with Gasteiger partial charge in [-0.3, -0.25) is 4.98 Å². The van der Waals surface area contributed by atoms with Gasteiger partial charge in [0.25, 0.3) is 0 Å². The number of para-hydroxylation sites is 1. The summed E-state index contributed by atoms with van der Waals surface area (Å²) in [5.41, 5.74) is 5.77. The SMILES string of the molecule is CCCc1cnc(COc2ccccc2Cl)c2[nH]c(C)c(C)c12.Cl. The highest BCUT2D eigenvalue weighted by Gasteiger charge is 2.14. The van der Waals surface area contributed by atoms with E-state index in [1.807, 2.05) is 30.5 Å². The molecule has 0 aliphatic rings. The van der Waals surface area contributed by atoms with Crippen molar-refractivity contribution in [3.63, 3.8) is 0 Å². The monoisotopic (exact) mass is 364 g/mol. The van der Waals surface area contributed by atoms with E-state index in [9.17, 15) is 0 Å². The average molecular weight is 365 g/mol. The summed E-state index contributed by atoms with van der Waals surface area (Å²) in [6.45, 7) is 6.84. The Morgan fingerprint density at radius 3 is 2.67 bits per heavy atom. The summed E-state index contributed by atoms with van der Waals surface area (Å²) in [5, 5.41) is 1.90. The highest BCUT2D eigenvalue weighted by atomic mass is 35.5. The zero-order valence-corrected chi connectivity index (χ0v) is 15.7. The van der Waals surface area contributed by atoms with Gasteiger partial charge < -0.3 is 9.72 Å². The van der Waals surface area contributed by atoms with Gasteiger partial charge in [0, 0.05) is 17.3 Å². The molecule has 3 nitrogen and oxygen atoms in total. The van der Waals surface area contributed by atoms with Gasteiger partial charge in [0.2, 0.25) is 0 Å². The number of aryl methyl sites for hydroxylation is 3. The topological polar surface area (TPSA) is 37.9 Å². The van der Waals surface area contributed by atoms with Gasteiger partial charge in [-0.25, -0.2) is 0 Å². The van der Waals surface area contributed by atoms with Crippen LogP contribution in [0.4, 0.5) is 0 Å². The normalized spacial score (nSPS) is 10.7. The number of ether oxygens (including phenoxy) is 1. The molecule has 0 atom stereocenters. The Morgan fingerprint density at radius 2 is 1.96 bits per heavy atom. The van der Waals surface area contributed by atoms with E-state index in [0.29, 0.717) is 17.4 Å². The smallest absolute Gasteiger partial charge is 0.138 e. The summed E-state index contributed by atoms with van der Waals surface area (Å²) >= 11 is 6.15. The summed E-state index contributed by atoms with van der Waals surface area (Å²) in [4.78, 5) is 8.09. The lowest BCUT2D eigenvalue weighted by atomic mass is 10.0. The van der Waals surface area contributed by atoms with E-state index in [2.05, 4.69) is 30.7 Å². The number of rotatable bonds is 5. The van der Waals surface area contributed by atoms with E-state index in [-0.39, 0.29) is 12.4 Å². The van der Waals surface area contributed by atoms with Crippen molar-refractivity contribution in [2.75, 3.05) is 0 Å². The van der Waals surface area contributed by atoms with Gasteiger partial charge in [0.05, 0.1) is 10.5 Å². The molecular formula is C19H22Cl2N2O. The molecule has 0 radical (unpaired) electrons. The average Bonchev–Trinajstić information content (AvgIpc) is 2.84. The summed E-state index contributed by atoms with van der Waals surface area (Å²) in [7, 11) is 0. The van der Waals surface area contributed by atoms with Crippen molar-refractivity contribution >= 4 is 34.9 Å². The molecule has 2 heterocycles. The first-order valence-electron chi connectivity index (χ1n) is 7.94. The molecule has 1 N–H and O–H groups in total. The molecule has 3 rings (SSSR count). The predicted molar refractivity (Wildman–Crippen MR) is 103 cm³/mol. The number of fused-ring (bicyclic) bond motifs is 1. The van der Waals surface area contributed by atoms with E-state index < -0.39 is 0 Å². The fraction of sp³-hybridized carbons (Fsp3) is 0.316. The fourth-order valence-electron chi connectivity index (χ4n) is 2.90. The second-order valence-electron chi connectivity index (χ2n) is 5.82. The molecule has 1 aromatic carbocycles. The standard InChI is InChI=1S/C19H21ClN2O.ClH/c1-4-7-14-10-21-16(19-18(14)12(2)13(3)22-19)11-23-17-9-6-5-8-15(17)20;/h5-6,8-10,22H,4,7,11H2,1-3H3;1H. The van der Waals surface area contributed by atoms with E-state index >= 15 is 0 Å². The Morgan fingerprint density at radius 1 is 1.21 bits per heavy atom. The number of aromatic amines is 1. The van der Waals surface area contributed by atoms with Crippen molar-refractivity contribution in [1.29, 1.82) is 0 Å². The Labute approximate surface area is 153 Å². The van der Waals surface area contributed by atoms with Crippen LogP contribution < -0.4 is 4.74 Å². The number of pyridine rings is 1. The maximum Gasteiger partial charge on any atom is 0.138 e. The van der Waals surface area contributed by atoms with Crippen LogP contribution >= 0.6 is 24.0 Å². The maximum absolute atomic E-state index is 6.15. The van der Waals surface area contributed by atoms with Crippen molar-refractivity contribution in [2.45, 2.75) is 40.2 Å². The Balaban J connectivity index is 0.00000208. The molecule has 0 fully saturated rings. The van der Waals surface area contributed by atoms with Crippen LogP contribution in [-0.4, -0.2) is 9.97 Å². The van der Waals surface area contributed by atoms with E-state index in [0.717, 1.165) is 24.1 Å². The van der Waals surface area contributed by atoms with Crippen molar-refractivity contribution in [3.05, 3.63) is 58.0 Å². The van der Waals surface area contributed by atoms with Gasteiger partial charge in [-0.15, -0.1) is 12.4 Å².